The summed E-state index contributed by atoms with van der Waals surface area (Å²) in [6.07, 6.45) is 3.08. The van der Waals surface area contributed by atoms with Crippen molar-refractivity contribution in [1.29, 1.82) is 0 Å². The van der Waals surface area contributed by atoms with Gasteiger partial charge in [0.05, 0.1) is 0 Å². The molecular weight excluding hydrogens is 234 g/mol. The summed E-state index contributed by atoms with van der Waals surface area (Å²) in [4.78, 5) is 4.50. The van der Waals surface area contributed by atoms with E-state index in [-0.39, 0.29) is 0 Å². The molecule has 1 aliphatic carbocycles. The predicted octanol–water partition coefficient (Wildman–Crippen LogP) is 2.70. The fourth-order valence-corrected chi connectivity index (χ4v) is 3.17. The summed E-state index contributed by atoms with van der Waals surface area (Å²) in [6.45, 7) is 2.06. The van der Waals surface area contributed by atoms with Gasteiger partial charge in [-0.25, -0.2) is 0 Å². The number of rotatable bonds is 2. The number of thiophene rings is 1. The molecule has 90 valence electrons. The fraction of sp³-hybridized carbons (Fsp3) is 0.500. The molecule has 2 unspecified atom stereocenters. The van der Waals surface area contributed by atoms with Crippen LogP contribution < -0.4 is 5.73 Å². The van der Waals surface area contributed by atoms with Gasteiger partial charge in [-0.2, -0.15) is 16.3 Å². The first-order valence-electron chi connectivity index (χ1n) is 5.86. The second kappa shape index (κ2) is 4.23. The zero-order valence-electron chi connectivity index (χ0n) is 9.72. The van der Waals surface area contributed by atoms with Crippen LogP contribution in [0.4, 0.5) is 0 Å². The van der Waals surface area contributed by atoms with Gasteiger partial charge in [0.1, 0.15) is 0 Å². The molecule has 0 saturated heterocycles. The van der Waals surface area contributed by atoms with Crippen molar-refractivity contribution in [2.75, 3.05) is 0 Å². The number of hydrogen-bond donors (Lipinski definition) is 1. The predicted molar refractivity (Wildman–Crippen MR) is 66.9 cm³/mol. The van der Waals surface area contributed by atoms with Gasteiger partial charge in [0, 0.05) is 22.9 Å². The third-order valence-corrected chi connectivity index (χ3v) is 4.22. The minimum absolute atomic E-state index is 0.290. The second-order valence-electron chi connectivity index (χ2n) is 4.69. The SMILES string of the molecule is Cc1cscc1-c1noc(C2CCC(N)C2)n1. The van der Waals surface area contributed by atoms with E-state index in [1.807, 2.05) is 0 Å². The van der Waals surface area contributed by atoms with Crippen LogP contribution in [0.5, 0.6) is 0 Å². The molecule has 1 aliphatic rings. The van der Waals surface area contributed by atoms with Crippen molar-refractivity contribution in [3.63, 3.8) is 0 Å². The van der Waals surface area contributed by atoms with Crippen LogP contribution >= 0.6 is 11.3 Å². The molecule has 0 aromatic carbocycles. The van der Waals surface area contributed by atoms with Crippen molar-refractivity contribution < 1.29 is 4.52 Å². The van der Waals surface area contributed by atoms with Crippen molar-refractivity contribution >= 4 is 11.3 Å². The molecule has 5 heteroatoms. The monoisotopic (exact) mass is 249 g/mol. The molecular formula is C12H15N3OS. The van der Waals surface area contributed by atoms with Crippen LogP contribution in [0.1, 0.15) is 36.6 Å². The maximum absolute atomic E-state index is 5.90. The normalized spacial score (nSPS) is 24.4. The van der Waals surface area contributed by atoms with Crippen molar-refractivity contribution in [3.8, 4) is 11.4 Å². The summed E-state index contributed by atoms with van der Waals surface area (Å²) in [6, 6.07) is 0.290. The van der Waals surface area contributed by atoms with Crippen LogP contribution in [0.2, 0.25) is 0 Å². The van der Waals surface area contributed by atoms with E-state index < -0.39 is 0 Å². The summed E-state index contributed by atoms with van der Waals surface area (Å²) < 4.78 is 5.36. The van der Waals surface area contributed by atoms with Gasteiger partial charge in [-0.3, -0.25) is 0 Å². The zero-order chi connectivity index (χ0) is 11.8. The Balaban J connectivity index is 1.86. The summed E-state index contributed by atoms with van der Waals surface area (Å²) in [5.41, 5.74) is 8.18. The van der Waals surface area contributed by atoms with Crippen LogP contribution in [-0.4, -0.2) is 16.2 Å². The highest BCUT2D eigenvalue weighted by Gasteiger charge is 2.28. The molecule has 0 radical (unpaired) electrons. The van der Waals surface area contributed by atoms with Crippen LogP contribution in [0.15, 0.2) is 15.3 Å². The van der Waals surface area contributed by atoms with Gasteiger partial charge in [-0.15, -0.1) is 0 Å². The van der Waals surface area contributed by atoms with Crippen LogP contribution in [0, 0.1) is 6.92 Å². The van der Waals surface area contributed by atoms with E-state index in [9.17, 15) is 0 Å². The summed E-state index contributed by atoms with van der Waals surface area (Å²) in [7, 11) is 0. The lowest BCUT2D eigenvalue weighted by atomic mass is 10.1. The molecule has 0 amide bonds. The lowest BCUT2D eigenvalue weighted by Gasteiger charge is -2.01. The summed E-state index contributed by atoms with van der Waals surface area (Å²) in [5, 5.41) is 8.22. The minimum atomic E-state index is 0.290. The molecule has 2 aromatic rings. The van der Waals surface area contributed by atoms with Gasteiger partial charge in [0.25, 0.3) is 0 Å². The Labute approximate surface area is 104 Å². The van der Waals surface area contributed by atoms with E-state index >= 15 is 0 Å². The van der Waals surface area contributed by atoms with Crippen molar-refractivity contribution in [2.24, 2.45) is 5.73 Å². The van der Waals surface area contributed by atoms with E-state index in [1.54, 1.807) is 11.3 Å². The average molecular weight is 249 g/mol. The van der Waals surface area contributed by atoms with Crippen LogP contribution in [0.3, 0.4) is 0 Å². The minimum Gasteiger partial charge on any atom is -0.339 e. The Morgan fingerprint density at radius 2 is 2.29 bits per heavy atom. The summed E-state index contributed by atoms with van der Waals surface area (Å²) >= 11 is 1.66. The fourth-order valence-electron chi connectivity index (χ4n) is 2.34. The molecule has 2 N–H and O–H groups in total. The van der Waals surface area contributed by atoms with E-state index in [0.717, 1.165) is 30.7 Å². The Kier molecular flexibility index (Phi) is 2.72. The third-order valence-electron chi connectivity index (χ3n) is 3.36. The van der Waals surface area contributed by atoms with E-state index in [1.165, 1.54) is 5.56 Å². The number of aryl methyl sites for hydroxylation is 1. The number of nitrogens with zero attached hydrogens (tertiary/aromatic N) is 2. The standard InChI is InChI=1S/C12H15N3OS/c1-7-5-17-6-10(7)11-14-12(16-15-11)8-2-3-9(13)4-8/h5-6,8-9H,2-4,13H2,1H3. The first kappa shape index (κ1) is 10.9. The Hall–Kier alpha value is -1.20. The van der Waals surface area contributed by atoms with Crippen molar-refractivity contribution in [3.05, 3.63) is 22.2 Å². The smallest absolute Gasteiger partial charge is 0.230 e. The van der Waals surface area contributed by atoms with E-state index in [2.05, 4.69) is 27.8 Å². The summed E-state index contributed by atoms with van der Waals surface area (Å²) in [5.74, 6) is 1.81. The van der Waals surface area contributed by atoms with Crippen LogP contribution in [-0.2, 0) is 0 Å². The zero-order valence-corrected chi connectivity index (χ0v) is 10.5. The molecule has 0 aliphatic heterocycles. The van der Waals surface area contributed by atoms with Crippen molar-refractivity contribution in [1.82, 2.24) is 10.1 Å². The van der Waals surface area contributed by atoms with E-state index in [0.29, 0.717) is 17.8 Å². The third kappa shape index (κ3) is 2.00. The lowest BCUT2D eigenvalue weighted by Crippen LogP contribution is -2.14. The topological polar surface area (TPSA) is 64.9 Å². The molecule has 1 fully saturated rings. The molecule has 2 aromatic heterocycles. The molecule has 2 atom stereocenters. The molecule has 0 spiro atoms. The first-order valence-corrected chi connectivity index (χ1v) is 6.80. The Morgan fingerprint density at radius 1 is 1.41 bits per heavy atom. The molecule has 0 bridgehead atoms. The maximum Gasteiger partial charge on any atom is 0.230 e. The molecule has 3 rings (SSSR count). The molecule has 17 heavy (non-hydrogen) atoms. The molecule has 4 nitrogen and oxygen atoms in total. The first-order chi connectivity index (χ1) is 8.24. The van der Waals surface area contributed by atoms with Gasteiger partial charge in [0.2, 0.25) is 11.7 Å². The lowest BCUT2D eigenvalue weighted by molar-refractivity contribution is 0.353. The van der Waals surface area contributed by atoms with Crippen molar-refractivity contribution in [2.45, 2.75) is 38.1 Å². The number of aromatic nitrogens is 2. The largest absolute Gasteiger partial charge is 0.339 e. The molecule has 2 heterocycles. The number of nitrogens with two attached hydrogens (primary N) is 1. The Morgan fingerprint density at radius 3 is 2.94 bits per heavy atom. The second-order valence-corrected chi connectivity index (χ2v) is 5.44. The quantitative estimate of drug-likeness (QED) is 0.888. The van der Waals surface area contributed by atoms with Crippen LogP contribution in [0.25, 0.3) is 11.4 Å². The molecule has 1 saturated carbocycles. The van der Waals surface area contributed by atoms with Gasteiger partial charge >= 0.3 is 0 Å². The van der Waals surface area contributed by atoms with Gasteiger partial charge in [-0.05, 0) is 37.1 Å². The van der Waals surface area contributed by atoms with Gasteiger partial charge < -0.3 is 10.3 Å². The number of hydrogen-bond acceptors (Lipinski definition) is 5. The van der Waals surface area contributed by atoms with Gasteiger partial charge in [0.15, 0.2) is 0 Å². The average Bonchev–Trinajstić information content (AvgIpc) is 2.97. The highest BCUT2D eigenvalue weighted by molar-refractivity contribution is 7.08. The highest BCUT2D eigenvalue weighted by atomic mass is 32.1. The highest BCUT2D eigenvalue weighted by Crippen LogP contribution is 2.34. The maximum atomic E-state index is 5.90. The van der Waals surface area contributed by atoms with Gasteiger partial charge in [-0.1, -0.05) is 5.16 Å². The van der Waals surface area contributed by atoms with E-state index in [4.69, 9.17) is 10.3 Å². The Bertz CT molecular complexity index is 519.